The highest BCUT2D eigenvalue weighted by Crippen LogP contribution is 2.64. The molecule has 1 heterocycles. The SMILES string of the molecule is CN1C2=CC[C@H]3[C@@H]4CCC[C@@]4(C)CC[C@@H]3[C@@]2(C)CCC1=NO. The molecule has 0 radical (unpaired) electrons. The minimum Gasteiger partial charge on any atom is -0.409 e. The fraction of sp³-hybridized carbons (Fsp3) is 0.842. The van der Waals surface area contributed by atoms with Crippen molar-refractivity contribution < 1.29 is 5.21 Å². The monoisotopic (exact) mass is 302 g/mol. The van der Waals surface area contributed by atoms with Gasteiger partial charge in [-0.05, 0) is 61.7 Å². The molecule has 1 saturated heterocycles. The van der Waals surface area contributed by atoms with Gasteiger partial charge in [-0.1, -0.05) is 31.5 Å². The fourth-order valence-corrected chi connectivity index (χ4v) is 6.70. The molecule has 3 nitrogen and oxygen atoms in total. The summed E-state index contributed by atoms with van der Waals surface area (Å²) in [4.78, 5) is 2.17. The first kappa shape index (κ1) is 14.6. The second-order valence-corrected chi connectivity index (χ2v) is 8.78. The summed E-state index contributed by atoms with van der Waals surface area (Å²) in [6, 6.07) is 0. The Bertz CT molecular complexity index is 540. The summed E-state index contributed by atoms with van der Waals surface area (Å²) in [5.74, 6) is 3.49. The molecule has 3 aliphatic carbocycles. The minimum atomic E-state index is 0.287. The molecule has 3 heteroatoms. The van der Waals surface area contributed by atoms with Crippen molar-refractivity contribution in [1.29, 1.82) is 0 Å². The number of rotatable bonds is 0. The van der Waals surface area contributed by atoms with E-state index in [4.69, 9.17) is 0 Å². The Morgan fingerprint density at radius 3 is 2.77 bits per heavy atom. The molecule has 0 bridgehead atoms. The van der Waals surface area contributed by atoms with Crippen molar-refractivity contribution in [3.63, 3.8) is 0 Å². The van der Waals surface area contributed by atoms with E-state index >= 15 is 0 Å². The van der Waals surface area contributed by atoms with Gasteiger partial charge in [0.25, 0.3) is 0 Å². The molecule has 122 valence electrons. The van der Waals surface area contributed by atoms with E-state index in [1.807, 2.05) is 0 Å². The Hall–Kier alpha value is -0.990. The minimum absolute atomic E-state index is 0.287. The maximum atomic E-state index is 9.24. The maximum absolute atomic E-state index is 9.24. The summed E-state index contributed by atoms with van der Waals surface area (Å²) in [5.41, 5.74) is 2.34. The molecule has 22 heavy (non-hydrogen) atoms. The zero-order valence-electron chi connectivity index (χ0n) is 14.3. The predicted molar refractivity (Wildman–Crippen MR) is 88.7 cm³/mol. The lowest BCUT2D eigenvalue weighted by Gasteiger charge is -2.58. The maximum Gasteiger partial charge on any atom is 0.148 e. The number of piperidine rings is 1. The van der Waals surface area contributed by atoms with Gasteiger partial charge >= 0.3 is 0 Å². The van der Waals surface area contributed by atoms with Crippen LogP contribution in [0.15, 0.2) is 16.9 Å². The quantitative estimate of drug-likeness (QED) is 0.523. The molecular formula is C19H30N2O. The Labute approximate surface area is 134 Å². The normalized spacial score (nSPS) is 49.4. The first-order valence-corrected chi connectivity index (χ1v) is 9.15. The lowest BCUT2D eigenvalue weighted by atomic mass is 9.50. The van der Waals surface area contributed by atoms with Crippen molar-refractivity contribution in [2.24, 2.45) is 33.7 Å². The van der Waals surface area contributed by atoms with Crippen LogP contribution >= 0.6 is 0 Å². The van der Waals surface area contributed by atoms with Crippen LogP contribution in [0.2, 0.25) is 0 Å². The zero-order chi connectivity index (χ0) is 15.5. The molecular weight excluding hydrogens is 272 g/mol. The van der Waals surface area contributed by atoms with Crippen LogP contribution in [0.3, 0.4) is 0 Å². The Balaban J connectivity index is 1.71. The van der Waals surface area contributed by atoms with Gasteiger partial charge in [0.2, 0.25) is 0 Å². The lowest BCUT2D eigenvalue weighted by Crippen LogP contribution is -2.52. The summed E-state index contributed by atoms with van der Waals surface area (Å²) in [6.07, 6.45) is 12.9. The summed E-state index contributed by atoms with van der Waals surface area (Å²) in [7, 11) is 2.08. The highest BCUT2D eigenvalue weighted by atomic mass is 16.4. The Morgan fingerprint density at radius 2 is 2.00 bits per heavy atom. The number of hydrogen-bond acceptors (Lipinski definition) is 2. The van der Waals surface area contributed by atoms with Crippen LogP contribution in [0, 0.1) is 28.6 Å². The van der Waals surface area contributed by atoms with Crippen molar-refractivity contribution in [1.82, 2.24) is 4.90 Å². The van der Waals surface area contributed by atoms with E-state index in [0.717, 1.165) is 36.4 Å². The van der Waals surface area contributed by atoms with E-state index in [1.54, 1.807) is 0 Å². The summed E-state index contributed by atoms with van der Waals surface area (Å²) in [5, 5.41) is 12.8. The van der Waals surface area contributed by atoms with Crippen molar-refractivity contribution in [3.8, 4) is 0 Å². The summed E-state index contributed by atoms with van der Waals surface area (Å²) in [6.45, 7) is 5.05. The number of amidine groups is 1. The van der Waals surface area contributed by atoms with Crippen LogP contribution in [-0.4, -0.2) is 23.0 Å². The second-order valence-electron chi connectivity index (χ2n) is 8.78. The standard InChI is InChI=1S/C19H30N2O/c1-18-10-4-5-14(18)13-6-7-16-19(2,15(13)8-11-18)12-9-17(20-22)21(16)3/h7,13-15,22H,4-6,8-12H2,1-3H3/t13-,14-,15-,18-,19+/m0/s1. The zero-order valence-corrected chi connectivity index (χ0v) is 14.3. The summed E-state index contributed by atoms with van der Waals surface area (Å²) < 4.78 is 0. The van der Waals surface area contributed by atoms with Crippen molar-refractivity contribution in [3.05, 3.63) is 11.8 Å². The third-order valence-corrected chi connectivity index (χ3v) is 7.94. The van der Waals surface area contributed by atoms with Gasteiger partial charge < -0.3 is 10.1 Å². The summed E-state index contributed by atoms with van der Waals surface area (Å²) >= 11 is 0. The lowest BCUT2D eigenvalue weighted by molar-refractivity contribution is -0.0288. The Morgan fingerprint density at radius 1 is 1.18 bits per heavy atom. The van der Waals surface area contributed by atoms with Gasteiger partial charge in [0, 0.05) is 24.6 Å². The molecule has 1 aliphatic heterocycles. The topological polar surface area (TPSA) is 35.8 Å². The largest absolute Gasteiger partial charge is 0.409 e. The molecule has 0 spiro atoms. The van der Waals surface area contributed by atoms with E-state index in [2.05, 4.69) is 37.0 Å². The first-order chi connectivity index (χ1) is 10.5. The average molecular weight is 302 g/mol. The number of fused-ring (bicyclic) bond motifs is 5. The van der Waals surface area contributed by atoms with Gasteiger partial charge in [0.05, 0.1) is 0 Å². The average Bonchev–Trinajstić information content (AvgIpc) is 2.89. The van der Waals surface area contributed by atoms with Gasteiger partial charge in [-0.3, -0.25) is 0 Å². The molecule has 5 atom stereocenters. The van der Waals surface area contributed by atoms with E-state index in [-0.39, 0.29) is 5.41 Å². The van der Waals surface area contributed by atoms with Crippen LogP contribution in [0.4, 0.5) is 0 Å². The molecule has 2 saturated carbocycles. The molecule has 0 aromatic carbocycles. The third kappa shape index (κ3) is 1.77. The molecule has 1 N–H and O–H groups in total. The highest BCUT2D eigenvalue weighted by molar-refractivity contribution is 5.84. The molecule has 4 aliphatic rings. The van der Waals surface area contributed by atoms with Crippen molar-refractivity contribution >= 4 is 5.84 Å². The van der Waals surface area contributed by atoms with Gasteiger partial charge in [-0.2, -0.15) is 0 Å². The van der Waals surface area contributed by atoms with Crippen LogP contribution < -0.4 is 0 Å². The van der Waals surface area contributed by atoms with Crippen molar-refractivity contribution in [2.45, 2.75) is 65.2 Å². The molecule has 3 fully saturated rings. The highest BCUT2D eigenvalue weighted by Gasteiger charge is 2.56. The molecule has 0 unspecified atom stereocenters. The number of nitrogens with zero attached hydrogens (tertiary/aromatic N) is 2. The van der Waals surface area contributed by atoms with E-state index in [9.17, 15) is 5.21 Å². The van der Waals surface area contributed by atoms with Gasteiger partial charge in [0.15, 0.2) is 0 Å². The van der Waals surface area contributed by atoms with Crippen LogP contribution in [0.1, 0.15) is 65.2 Å². The van der Waals surface area contributed by atoms with Crippen LogP contribution in [-0.2, 0) is 0 Å². The number of hydrogen-bond donors (Lipinski definition) is 1. The number of oxime groups is 1. The van der Waals surface area contributed by atoms with Gasteiger partial charge in [-0.15, -0.1) is 0 Å². The second kappa shape index (κ2) is 4.75. The Kier molecular flexibility index (Phi) is 3.15. The first-order valence-electron chi connectivity index (χ1n) is 9.15. The van der Waals surface area contributed by atoms with E-state index in [0.29, 0.717) is 5.41 Å². The molecule has 0 aromatic heterocycles. The molecule has 0 aromatic rings. The van der Waals surface area contributed by atoms with Crippen molar-refractivity contribution in [2.75, 3.05) is 7.05 Å². The van der Waals surface area contributed by atoms with E-state index in [1.165, 1.54) is 44.2 Å². The third-order valence-electron chi connectivity index (χ3n) is 7.94. The van der Waals surface area contributed by atoms with Gasteiger partial charge in [0.1, 0.15) is 5.84 Å². The predicted octanol–water partition coefficient (Wildman–Crippen LogP) is 4.63. The van der Waals surface area contributed by atoms with Crippen LogP contribution in [0.25, 0.3) is 0 Å². The number of allylic oxidation sites excluding steroid dienone is 2. The molecule has 0 amide bonds. The van der Waals surface area contributed by atoms with Gasteiger partial charge in [-0.25, -0.2) is 0 Å². The smallest absolute Gasteiger partial charge is 0.148 e. The van der Waals surface area contributed by atoms with E-state index < -0.39 is 0 Å². The molecule has 4 rings (SSSR count). The fourth-order valence-electron chi connectivity index (χ4n) is 6.70. The van der Waals surface area contributed by atoms with Crippen LogP contribution in [0.5, 0.6) is 0 Å². The number of likely N-dealkylation sites (tertiary alicyclic amines) is 1.